The summed E-state index contributed by atoms with van der Waals surface area (Å²) >= 11 is 12.8. The van der Waals surface area contributed by atoms with Crippen LogP contribution in [-0.4, -0.2) is 21.3 Å². The first-order valence-corrected chi connectivity index (χ1v) is 10.5. The molecule has 3 aromatic rings. The highest BCUT2D eigenvalue weighted by atomic mass is 35.5. The Balaban J connectivity index is 1.56. The zero-order chi connectivity index (χ0) is 21.3. The predicted octanol–water partition coefficient (Wildman–Crippen LogP) is 5.63. The van der Waals surface area contributed by atoms with Crippen molar-refractivity contribution in [3.05, 3.63) is 81.9 Å². The van der Waals surface area contributed by atoms with Crippen molar-refractivity contribution in [3.63, 3.8) is 0 Å². The second-order valence-corrected chi connectivity index (χ2v) is 8.52. The van der Waals surface area contributed by atoms with Crippen LogP contribution in [0, 0.1) is 0 Å². The molecule has 0 unspecified atom stereocenters. The van der Waals surface area contributed by atoms with Gasteiger partial charge in [-0.1, -0.05) is 59.8 Å². The predicted molar refractivity (Wildman–Crippen MR) is 123 cm³/mol. The van der Waals surface area contributed by atoms with E-state index in [-0.39, 0.29) is 12.3 Å². The van der Waals surface area contributed by atoms with Crippen LogP contribution in [0.3, 0.4) is 0 Å². The fourth-order valence-electron chi connectivity index (χ4n) is 2.99. The Morgan fingerprint density at radius 2 is 1.87 bits per heavy atom. The van der Waals surface area contributed by atoms with Crippen molar-refractivity contribution in [2.24, 2.45) is 0 Å². The molecule has 150 valence electrons. The number of aliphatic carboxylic acids is 1. The first-order chi connectivity index (χ1) is 14.4. The molecule has 1 amide bonds. The van der Waals surface area contributed by atoms with E-state index in [0.717, 1.165) is 5.56 Å². The van der Waals surface area contributed by atoms with Gasteiger partial charge in [-0.15, -0.1) is 0 Å². The maximum Gasteiger partial charge on any atom is 0.307 e. The number of carboxylic acids is 1. The summed E-state index contributed by atoms with van der Waals surface area (Å²) in [4.78, 5) is 25.6. The first-order valence-electron chi connectivity index (χ1n) is 8.86. The molecular formula is C22H14ClNO4S2. The van der Waals surface area contributed by atoms with E-state index in [1.807, 2.05) is 18.2 Å². The molecule has 1 aliphatic heterocycles. The first kappa shape index (κ1) is 20.4. The largest absolute Gasteiger partial charge is 0.481 e. The van der Waals surface area contributed by atoms with Gasteiger partial charge in [-0.3, -0.25) is 14.5 Å². The number of anilines is 1. The molecule has 0 spiro atoms. The van der Waals surface area contributed by atoms with Gasteiger partial charge in [0.15, 0.2) is 4.32 Å². The minimum absolute atomic E-state index is 0.0785. The average Bonchev–Trinajstić information content (AvgIpc) is 3.27. The summed E-state index contributed by atoms with van der Waals surface area (Å²) < 4.78 is 6.24. The summed E-state index contributed by atoms with van der Waals surface area (Å²) in [5.41, 5.74) is 2.01. The van der Waals surface area contributed by atoms with Crippen LogP contribution < -0.4 is 4.90 Å². The van der Waals surface area contributed by atoms with Crippen molar-refractivity contribution in [2.45, 2.75) is 6.42 Å². The number of carbonyl (C=O) groups is 2. The number of hydrogen-bond acceptors (Lipinski definition) is 5. The van der Waals surface area contributed by atoms with Gasteiger partial charge in [0.2, 0.25) is 0 Å². The molecule has 1 N–H and O–H groups in total. The average molecular weight is 456 g/mol. The molecule has 2 aromatic carbocycles. The van der Waals surface area contributed by atoms with Gasteiger partial charge in [0.1, 0.15) is 11.5 Å². The number of amides is 1. The molecule has 0 radical (unpaired) electrons. The zero-order valence-corrected chi connectivity index (χ0v) is 17.8. The second-order valence-electron chi connectivity index (χ2n) is 6.44. The number of benzene rings is 2. The monoisotopic (exact) mass is 455 g/mol. The molecule has 0 bridgehead atoms. The summed E-state index contributed by atoms with van der Waals surface area (Å²) in [7, 11) is 0. The van der Waals surface area contributed by atoms with Crippen LogP contribution in [0.1, 0.15) is 11.3 Å². The SMILES string of the molecule is O=C(O)Cc1ccc(N2C(=O)/C(=C\c3ccc(-c4ccccc4Cl)o3)SC2=S)cc1. The summed E-state index contributed by atoms with van der Waals surface area (Å²) in [6.07, 6.45) is 1.57. The van der Waals surface area contributed by atoms with Gasteiger partial charge in [0, 0.05) is 11.6 Å². The normalized spacial score (nSPS) is 15.2. The molecule has 5 nitrogen and oxygen atoms in total. The fourth-order valence-corrected chi connectivity index (χ4v) is 4.50. The van der Waals surface area contributed by atoms with Crippen molar-refractivity contribution in [1.82, 2.24) is 0 Å². The molecule has 4 rings (SSSR count). The minimum Gasteiger partial charge on any atom is -0.481 e. The standard InChI is InChI=1S/C22H14ClNO4S2/c23-17-4-2-1-3-16(17)18-10-9-15(28-18)12-19-21(27)24(22(29)30-19)14-7-5-13(6-8-14)11-20(25)26/h1-10,12H,11H2,(H,25,26)/b19-12+. The van der Waals surface area contributed by atoms with Crippen LogP contribution in [0.15, 0.2) is 70.0 Å². The number of carbonyl (C=O) groups excluding carboxylic acids is 1. The van der Waals surface area contributed by atoms with E-state index in [2.05, 4.69) is 0 Å². The Labute approximate surface area is 186 Å². The van der Waals surface area contributed by atoms with Crippen LogP contribution in [0.25, 0.3) is 17.4 Å². The lowest BCUT2D eigenvalue weighted by Crippen LogP contribution is -2.27. The Hall–Kier alpha value is -2.87. The molecule has 0 saturated carbocycles. The van der Waals surface area contributed by atoms with Crippen LogP contribution in [-0.2, 0) is 16.0 Å². The highest BCUT2D eigenvalue weighted by Gasteiger charge is 2.33. The second kappa shape index (κ2) is 8.47. The third kappa shape index (κ3) is 4.18. The molecular weight excluding hydrogens is 442 g/mol. The van der Waals surface area contributed by atoms with Crippen molar-refractivity contribution in [2.75, 3.05) is 4.90 Å². The Bertz CT molecular complexity index is 1180. The van der Waals surface area contributed by atoms with Crippen LogP contribution >= 0.6 is 35.6 Å². The molecule has 1 fully saturated rings. The summed E-state index contributed by atoms with van der Waals surface area (Å²) in [5.74, 6) is -0.0452. The third-order valence-corrected chi connectivity index (χ3v) is 6.01. The number of rotatable bonds is 5. The topological polar surface area (TPSA) is 70.8 Å². The molecule has 0 aliphatic carbocycles. The van der Waals surface area contributed by atoms with E-state index >= 15 is 0 Å². The number of thiocarbonyl (C=S) groups is 1. The lowest BCUT2D eigenvalue weighted by Gasteiger charge is -2.14. The number of furan rings is 1. The number of hydrogen-bond donors (Lipinski definition) is 1. The molecule has 8 heteroatoms. The van der Waals surface area contributed by atoms with Crippen molar-refractivity contribution >= 4 is 63.5 Å². The van der Waals surface area contributed by atoms with E-state index in [0.29, 0.717) is 37.0 Å². The number of halogens is 1. The Kier molecular flexibility index (Phi) is 5.76. The number of nitrogens with zero attached hydrogens (tertiary/aromatic N) is 1. The number of carboxylic acid groups (broad SMARTS) is 1. The van der Waals surface area contributed by atoms with Crippen molar-refractivity contribution < 1.29 is 19.1 Å². The van der Waals surface area contributed by atoms with E-state index in [1.165, 1.54) is 16.7 Å². The maximum absolute atomic E-state index is 12.9. The Morgan fingerprint density at radius 3 is 2.57 bits per heavy atom. The third-order valence-electron chi connectivity index (χ3n) is 4.38. The molecule has 30 heavy (non-hydrogen) atoms. The van der Waals surface area contributed by atoms with Gasteiger partial charge >= 0.3 is 5.97 Å². The lowest BCUT2D eigenvalue weighted by molar-refractivity contribution is -0.136. The fraction of sp³-hybridized carbons (Fsp3) is 0.0455. The van der Waals surface area contributed by atoms with Gasteiger partial charge in [0.25, 0.3) is 5.91 Å². The molecule has 1 aliphatic rings. The quantitative estimate of drug-likeness (QED) is 0.397. The molecule has 0 atom stereocenters. The smallest absolute Gasteiger partial charge is 0.307 e. The maximum atomic E-state index is 12.9. The Morgan fingerprint density at radius 1 is 1.13 bits per heavy atom. The number of thioether (sulfide) groups is 1. The van der Waals surface area contributed by atoms with Crippen LogP contribution in [0.4, 0.5) is 5.69 Å². The highest BCUT2D eigenvalue weighted by Crippen LogP contribution is 2.37. The highest BCUT2D eigenvalue weighted by molar-refractivity contribution is 8.27. The summed E-state index contributed by atoms with van der Waals surface area (Å²) in [6, 6.07) is 17.7. The van der Waals surface area contributed by atoms with Gasteiger partial charge in [0.05, 0.1) is 22.0 Å². The van der Waals surface area contributed by atoms with Crippen molar-refractivity contribution in [3.8, 4) is 11.3 Å². The van der Waals surface area contributed by atoms with Crippen LogP contribution in [0.2, 0.25) is 5.02 Å². The van der Waals surface area contributed by atoms with Gasteiger partial charge in [-0.2, -0.15) is 0 Å². The summed E-state index contributed by atoms with van der Waals surface area (Å²) in [6.45, 7) is 0. The van der Waals surface area contributed by atoms with E-state index in [4.69, 9.17) is 33.3 Å². The van der Waals surface area contributed by atoms with Gasteiger partial charge in [-0.05, 0) is 42.0 Å². The van der Waals surface area contributed by atoms with Gasteiger partial charge in [-0.25, -0.2) is 0 Å². The molecule has 1 aromatic heterocycles. The van der Waals surface area contributed by atoms with Crippen LogP contribution in [0.5, 0.6) is 0 Å². The lowest BCUT2D eigenvalue weighted by atomic mass is 10.1. The van der Waals surface area contributed by atoms with E-state index in [1.54, 1.807) is 48.5 Å². The van der Waals surface area contributed by atoms with Gasteiger partial charge < -0.3 is 9.52 Å². The van der Waals surface area contributed by atoms with E-state index in [9.17, 15) is 9.59 Å². The molecule has 1 saturated heterocycles. The van der Waals surface area contributed by atoms with Crippen molar-refractivity contribution in [1.29, 1.82) is 0 Å². The molecule has 2 heterocycles. The minimum atomic E-state index is -0.911. The summed E-state index contributed by atoms with van der Waals surface area (Å²) in [5, 5.41) is 9.46. The van der Waals surface area contributed by atoms with E-state index < -0.39 is 5.97 Å². The zero-order valence-electron chi connectivity index (χ0n) is 15.4.